The number of ether oxygens (including phenoxy) is 1. The van der Waals surface area contributed by atoms with Gasteiger partial charge in [-0.05, 0) is 26.3 Å². The minimum Gasteiger partial charge on any atom is -0.444 e. The van der Waals surface area contributed by atoms with E-state index in [1.807, 2.05) is 40.1 Å². The van der Waals surface area contributed by atoms with Crippen molar-refractivity contribution >= 4 is 11.7 Å². The van der Waals surface area contributed by atoms with Crippen molar-refractivity contribution in [3.8, 4) is 0 Å². The van der Waals surface area contributed by atoms with Crippen LogP contribution in [0.2, 0.25) is 0 Å². The number of hydrogen-bond acceptors (Lipinski definition) is 4. The number of amides is 1. The third kappa shape index (κ3) is 4.30. The molecule has 0 saturated heterocycles. The zero-order valence-electron chi connectivity index (χ0n) is 15.0. The van der Waals surface area contributed by atoms with Gasteiger partial charge < -0.3 is 9.64 Å². The molecular formula is C18H27N3O2. The van der Waals surface area contributed by atoms with Crippen LogP contribution in [0.1, 0.15) is 52.9 Å². The summed E-state index contributed by atoms with van der Waals surface area (Å²) in [4.78, 5) is 22.8. The summed E-state index contributed by atoms with van der Waals surface area (Å²) >= 11 is 0. The molecule has 0 saturated carbocycles. The Hall–Kier alpha value is -1.91. The molecule has 1 aliphatic heterocycles. The lowest BCUT2D eigenvalue weighted by atomic mass is 9.78. The van der Waals surface area contributed by atoms with Crippen LogP contribution < -0.4 is 0 Å². The van der Waals surface area contributed by atoms with Crippen LogP contribution in [0.5, 0.6) is 0 Å². The Kier molecular flexibility index (Phi) is 4.78. The minimum absolute atomic E-state index is 0.174. The molecule has 2 heterocycles. The summed E-state index contributed by atoms with van der Waals surface area (Å²) in [6, 6.07) is 0. The standard InChI is InChI=1S/C18H27N3O2/c1-7-15-19-10-13(11-20-15)14-8-9-21(12-18(14,5)6)16(22)23-17(2,3)4/h8,10-11H,7,9,12H2,1-6H3. The first-order chi connectivity index (χ1) is 10.6. The fourth-order valence-corrected chi connectivity index (χ4v) is 2.76. The molecule has 5 heteroatoms. The van der Waals surface area contributed by atoms with Gasteiger partial charge in [0, 0.05) is 42.9 Å². The topological polar surface area (TPSA) is 55.3 Å². The van der Waals surface area contributed by atoms with Gasteiger partial charge in [0.1, 0.15) is 11.4 Å². The maximum absolute atomic E-state index is 12.3. The molecular weight excluding hydrogens is 290 g/mol. The normalized spacial score (nSPS) is 17.7. The van der Waals surface area contributed by atoms with Crippen LogP contribution >= 0.6 is 0 Å². The summed E-state index contributed by atoms with van der Waals surface area (Å²) < 4.78 is 5.47. The average molecular weight is 317 g/mol. The SMILES string of the molecule is CCc1ncc(C2=CCN(C(=O)OC(C)(C)C)CC2(C)C)cn1. The van der Waals surface area contributed by atoms with E-state index in [1.165, 1.54) is 5.57 Å². The number of carbonyl (C=O) groups excluding carboxylic acids is 1. The molecule has 0 unspecified atom stereocenters. The summed E-state index contributed by atoms with van der Waals surface area (Å²) in [6.07, 6.45) is 6.40. The highest BCUT2D eigenvalue weighted by molar-refractivity contribution is 5.74. The van der Waals surface area contributed by atoms with Crippen LogP contribution in [0.4, 0.5) is 4.79 Å². The molecule has 0 aromatic carbocycles. The van der Waals surface area contributed by atoms with E-state index in [0.29, 0.717) is 13.1 Å². The lowest BCUT2D eigenvalue weighted by Crippen LogP contribution is -2.45. The molecule has 126 valence electrons. The molecule has 0 bridgehead atoms. The van der Waals surface area contributed by atoms with Gasteiger partial charge in [0.2, 0.25) is 0 Å². The summed E-state index contributed by atoms with van der Waals surface area (Å²) in [5, 5.41) is 0. The second kappa shape index (κ2) is 6.30. The van der Waals surface area contributed by atoms with Gasteiger partial charge in [0.25, 0.3) is 0 Å². The Morgan fingerprint density at radius 3 is 2.39 bits per heavy atom. The maximum atomic E-state index is 12.3. The number of carbonyl (C=O) groups is 1. The van der Waals surface area contributed by atoms with E-state index >= 15 is 0 Å². The van der Waals surface area contributed by atoms with Crippen molar-refractivity contribution in [2.45, 2.75) is 53.6 Å². The van der Waals surface area contributed by atoms with E-state index in [9.17, 15) is 4.79 Å². The summed E-state index contributed by atoms with van der Waals surface area (Å²) in [6.45, 7) is 13.1. The molecule has 0 spiro atoms. The molecule has 0 radical (unpaired) electrons. The average Bonchev–Trinajstić information content (AvgIpc) is 2.44. The van der Waals surface area contributed by atoms with Gasteiger partial charge in [-0.15, -0.1) is 0 Å². The third-order valence-corrected chi connectivity index (χ3v) is 3.82. The quantitative estimate of drug-likeness (QED) is 0.834. The molecule has 0 N–H and O–H groups in total. The third-order valence-electron chi connectivity index (χ3n) is 3.82. The van der Waals surface area contributed by atoms with Gasteiger partial charge >= 0.3 is 6.09 Å². The molecule has 1 aromatic heterocycles. The Bertz CT molecular complexity index is 598. The van der Waals surface area contributed by atoms with Crippen molar-refractivity contribution in [2.75, 3.05) is 13.1 Å². The van der Waals surface area contributed by atoms with E-state index in [2.05, 4.69) is 29.9 Å². The summed E-state index contributed by atoms with van der Waals surface area (Å²) in [5.41, 5.74) is 1.55. The molecule has 0 fully saturated rings. The van der Waals surface area contributed by atoms with Crippen LogP contribution in [0.3, 0.4) is 0 Å². The van der Waals surface area contributed by atoms with E-state index in [-0.39, 0.29) is 11.5 Å². The zero-order valence-corrected chi connectivity index (χ0v) is 15.0. The molecule has 23 heavy (non-hydrogen) atoms. The van der Waals surface area contributed by atoms with Crippen molar-refractivity contribution in [1.29, 1.82) is 0 Å². The molecule has 1 amide bonds. The lowest BCUT2D eigenvalue weighted by molar-refractivity contribution is 0.0219. The second-order valence-corrected chi connectivity index (χ2v) is 7.60. The van der Waals surface area contributed by atoms with E-state index < -0.39 is 5.60 Å². The van der Waals surface area contributed by atoms with Crippen LogP contribution in [0.25, 0.3) is 5.57 Å². The molecule has 1 aromatic rings. The number of hydrogen-bond donors (Lipinski definition) is 0. The fourth-order valence-electron chi connectivity index (χ4n) is 2.76. The highest BCUT2D eigenvalue weighted by atomic mass is 16.6. The van der Waals surface area contributed by atoms with E-state index in [1.54, 1.807) is 4.90 Å². The monoisotopic (exact) mass is 317 g/mol. The summed E-state index contributed by atoms with van der Waals surface area (Å²) in [5.74, 6) is 0.846. The van der Waals surface area contributed by atoms with Crippen LogP contribution in [0, 0.1) is 5.41 Å². The molecule has 1 aliphatic rings. The number of aryl methyl sites for hydroxylation is 1. The Morgan fingerprint density at radius 2 is 1.91 bits per heavy atom. The minimum atomic E-state index is -0.477. The number of nitrogens with zero attached hydrogens (tertiary/aromatic N) is 3. The van der Waals surface area contributed by atoms with Gasteiger partial charge in [0.15, 0.2) is 0 Å². The van der Waals surface area contributed by atoms with Crippen molar-refractivity contribution < 1.29 is 9.53 Å². The maximum Gasteiger partial charge on any atom is 0.410 e. The lowest BCUT2D eigenvalue weighted by Gasteiger charge is -2.39. The van der Waals surface area contributed by atoms with Crippen LogP contribution in [-0.4, -0.2) is 39.7 Å². The number of aromatic nitrogens is 2. The van der Waals surface area contributed by atoms with Crippen LogP contribution in [-0.2, 0) is 11.2 Å². The first kappa shape index (κ1) is 17.4. The molecule has 0 aliphatic carbocycles. The number of rotatable bonds is 2. The Morgan fingerprint density at radius 1 is 1.30 bits per heavy atom. The smallest absolute Gasteiger partial charge is 0.410 e. The van der Waals surface area contributed by atoms with Gasteiger partial charge in [-0.1, -0.05) is 26.8 Å². The zero-order chi connectivity index (χ0) is 17.3. The summed E-state index contributed by atoms with van der Waals surface area (Å²) in [7, 11) is 0. The Labute approximate surface area is 138 Å². The van der Waals surface area contributed by atoms with Crippen LogP contribution in [0.15, 0.2) is 18.5 Å². The van der Waals surface area contributed by atoms with Gasteiger partial charge in [-0.3, -0.25) is 0 Å². The molecule has 0 atom stereocenters. The van der Waals surface area contributed by atoms with Crippen molar-refractivity contribution in [3.05, 3.63) is 29.9 Å². The predicted molar refractivity (Wildman–Crippen MR) is 91.0 cm³/mol. The second-order valence-electron chi connectivity index (χ2n) is 7.60. The van der Waals surface area contributed by atoms with E-state index in [0.717, 1.165) is 17.8 Å². The van der Waals surface area contributed by atoms with Gasteiger partial charge in [0.05, 0.1) is 0 Å². The van der Waals surface area contributed by atoms with Gasteiger partial charge in [-0.25, -0.2) is 14.8 Å². The van der Waals surface area contributed by atoms with Gasteiger partial charge in [-0.2, -0.15) is 0 Å². The highest BCUT2D eigenvalue weighted by Gasteiger charge is 2.34. The first-order valence-corrected chi connectivity index (χ1v) is 8.12. The fraction of sp³-hybridized carbons (Fsp3) is 0.611. The van der Waals surface area contributed by atoms with E-state index in [4.69, 9.17) is 4.74 Å². The molecule has 5 nitrogen and oxygen atoms in total. The predicted octanol–water partition coefficient (Wildman–Crippen LogP) is 3.70. The highest BCUT2D eigenvalue weighted by Crippen LogP contribution is 2.38. The largest absolute Gasteiger partial charge is 0.444 e. The van der Waals surface area contributed by atoms with Crippen molar-refractivity contribution in [3.63, 3.8) is 0 Å². The van der Waals surface area contributed by atoms with Crippen molar-refractivity contribution in [2.24, 2.45) is 5.41 Å². The molecule has 2 rings (SSSR count). The first-order valence-electron chi connectivity index (χ1n) is 8.12. The Balaban J connectivity index is 2.19. The van der Waals surface area contributed by atoms with Crippen molar-refractivity contribution in [1.82, 2.24) is 14.9 Å².